The fraction of sp³-hybridized carbons (Fsp3) is 0.765. The average Bonchev–Trinajstić information content (AvgIpc) is 2.55. The lowest BCUT2D eigenvalue weighted by Crippen LogP contribution is -2.45. The normalized spacial score (nSPS) is 12.3. The lowest BCUT2D eigenvalue weighted by molar-refractivity contribution is -0.437. The van der Waals surface area contributed by atoms with Crippen LogP contribution in [0.4, 0.5) is 4.79 Å². The third-order valence-electron chi connectivity index (χ3n) is 3.16. The van der Waals surface area contributed by atoms with Gasteiger partial charge < -0.3 is 9.47 Å². The van der Waals surface area contributed by atoms with Crippen molar-refractivity contribution < 1.29 is 38.6 Å². The summed E-state index contributed by atoms with van der Waals surface area (Å²) in [5.74, 6) is -0.586. The predicted molar refractivity (Wildman–Crippen MR) is 89.1 cm³/mol. The predicted octanol–water partition coefficient (Wildman–Crippen LogP) is 3.84. The average molecular weight is 362 g/mol. The molecular weight excluding hydrogens is 332 g/mol. The zero-order valence-electron chi connectivity index (χ0n) is 16.2. The molecule has 0 aromatic rings. The van der Waals surface area contributed by atoms with Gasteiger partial charge in [0.05, 0.1) is 13.2 Å². The smallest absolute Gasteiger partial charge is 0.433 e. The molecule has 0 saturated carbocycles. The SMILES string of the molecule is CCCCOOC(OC(=O)C(C)=C(C)C)C(C)(C)OOC(=O)OCC. The van der Waals surface area contributed by atoms with Crippen LogP contribution in [0.15, 0.2) is 11.1 Å². The summed E-state index contributed by atoms with van der Waals surface area (Å²) in [7, 11) is 0. The summed E-state index contributed by atoms with van der Waals surface area (Å²) in [6.07, 6.45) is -0.584. The first-order chi connectivity index (χ1) is 11.7. The largest absolute Gasteiger partial charge is 0.540 e. The molecule has 0 fully saturated rings. The van der Waals surface area contributed by atoms with Crippen LogP contribution in [-0.4, -0.2) is 37.2 Å². The van der Waals surface area contributed by atoms with Gasteiger partial charge in [0.2, 0.25) is 0 Å². The van der Waals surface area contributed by atoms with Gasteiger partial charge in [-0.15, -0.1) is 0 Å². The van der Waals surface area contributed by atoms with E-state index in [2.05, 4.69) is 9.62 Å². The van der Waals surface area contributed by atoms with Crippen molar-refractivity contribution in [2.24, 2.45) is 0 Å². The van der Waals surface area contributed by atoms with Crippen LogP contribution in [-0.2, 0) is 33.8 Å². The summed E-state index contributed by atoms with van der Waals surface area (Å²) in [5, 5.41) is 0. The van der Waals surface area contributed by atoms with E-state index in [0.29, 0.717) is 12.2 Å². The molecule has 0 spiro atoms. The molecule has 0 aromatic carbocycles. The highest BCUT2D eigenvalue weighted by Crippen LogP contribution is 2.22. The number of carbonyl (C=O) groups is 2. The van der Waals surface area contributed by atoms with E-state index in [1.165, 1.54) is 13.8 Å². The Bertz CT molecular complexity index is 452. The number of hydrogen-bond acceptors (Lipinski definition) is 8. The van der Waals surface area contributed by atoms with Crippen molar-refractivity contribution in [1.82, 2.24) is 0 Å². The lowest BCUT2D eigenvalue weighted by atomic mass is 10.1. The summed E-state index contributed by atoms with van der Waals surface area (Å²) in [5.41, 5.74) is -0.0993. The summed E-state index contributed by atoms with van der Waals surface area (Å²) in [4.78, 5) is 43.3. The van der Waals surface area contributed by atoms with Gasteiger partial charge in [0.1, 0.15) is 0 Å². The molecule has 8 nitrogen and oxygen atoms in total. The van der Waals surface area contributed by atoms with Crippen LogP contribution in [0, 0.1) is 0 Å². The van der Waals surface area contributed by atoms with Crippen molar-refractivity contribution in [3.63, 3.8) is 0 Å². The maximum Gasteiger partial charge on any atom is 0.540 e. The molecule has 0 amide bonds. The fourth-order valence-electron chi connectivity index (χ4n) is 1.30. The second-order valence-electron chi connectivity index (χ2n) is 6.09. The van der Waals surface area contributed by atoms with Crippen LogP contribution < -0.4 is 0 Å². The van der Waals surface area contributed by atoms with Crippen LogP contribution >= 0.6 is 0 Å². The molecule has 0 rings (SSSR count). The standard InChI is InChI=1S/C17H30O8/c1-8-10-11-21-23-15(22-14(18)13(5)12(3)4)17(6,7)25-24-16(19)20-9-2/h15H,8-11H2,1-7H3. The Labute approximate surface area is 149 Å². The van der Waals surface area contributed by atoms with Gasteiger partial charge in [-0.1, -0.05) is 18.9 Å². The van der Waals surface area contributed by atoms with Crippen LogP contribution in [0.3, 0.4) is 0 Å². The summed E-state index contributed by atoms with van der Waals surface area (Å²) in [6.45, 7) is 12.3. The second-order valence-corrected chi connectivity index (χ2v) is 6.09. The van der Waals surface area contributed by atoms with Gasteiger partial charge in [-0.2, -0.15) is 9.78 Å². The summed E-state index contributed by atoms with van der Waals surface area (Å²) >= 11 is 0. The monoisotopic (exact) mass is 362 g/mol. The minimum Gasteiger partial charge on any atom is -0.433 e. The molecule has 0 radical (unpaired) electrons. The highest BCUT2D eigenvalue weighted by Gasteiger charge is 2.39. The van der Waals surface area contributed by atoms with Gasteiger partial charge in [0.25, 0.3) is 6.29 Å². The van der Waals surface area contributed by atoms with E-state index in [4.69, 9.17) is 19.4 Å². The Kier molecular flexibility index (Phi) is 11.1. The first-order valence-electron chi connectivity index (χ1n) is 8.31. The van der Waals surface area contributed by atoms with E-state index in [1.54, 1.807) is 27.7 Å². The van der Waals surface area contributed by atoms with Gasteiger partial charge in [0, 0.05) is 5.57 Å². The van der Waals surface area contributed by atoms with E-state index in [-0.39, 0.29) is 6.61 Å². The second kappa shape index (κ2) is 11.8. The maximum absolute atomic E-state index is 12.2. The van der Waals surface area contributed by atoms with Crippen molar-refractivity contribution in [2.75, 3.05) is 13.2 Å². The first kappa shape index (κ1) is 23.4. The molecule has 1 atom stereocenters. The maximum atomic E-state index is 12.2. The van der Waals surface area contributed by atoms with Crippen LogP contribution in [0.1, 0.15) is 61.3 Å². The van der Waals surface area contributed by atoms with Crippen molar-refractivity contribution in [2.45, 2.75) is 73.2 Å². The topological polar surface area (TPSA) is 89.5 Å². The van der Waals surface area contributed by atoms with Crippen LogP contribution in [0.25, 0.3) is 0 Å². The molecule has 0 aromatic heterocycles. The van der Waals surface area contributed by atoms with Crippen molar-refractivity contribution in [3.05, 3.63) is 11.1 Å². The quantitative estimate of drug-likeness (QED) is 0.137. The van der Waals surface area contributed by atoms with Gasteiger partial charge >= 0.3 is 12.1 Å². The third-order valence-corrected chi connectivity index (χ3v) is 3.16. The molecule has 1 unspecified atom stereocenters. The Balaban J connectivity index is 4.97. The molecular formula is C17H30O8. The molecule has 0 N–H and O–H groups in total. The number of carbonyl (C=O) groups excluding carboxylic acids is 2. The minimum absolute atomic E-state index is 0.136. The van der Waals surface area contributed by atoms with Gasteiger partial charge in [0.15, 0.2) is 5.60 Å². The molecule has 146 valence electrons. The molecule has 0 heterocycles. The van der Waals surface area contributed by atoms with E-state index < -0.39 is 24.0 Å². The molecule has 25 heavy (non-hydrogen) atoms. The van der Waals surface area contributed by atoms with E-state index in [9.17, 15) is 9.59 Å². The molecule has 0 aliphatic heterocycles. The highest BCUT2D eigenvalue weighted by atomic mass is 17.3. The zero-order chi connectivity index (χ0) is 19.5. The molecule has 0 aliphatic carbocycles. The minimum atomic E-state index is -1.34. The summed E-state index contributed by atoms with van der Waals surface area (Å²) in [6, 6.07) is 0. The Morgan fingerprint density at radius 1 is 1.08 bits per heavy atom. The zero-order valence-corrected chi connectivity index (χ0v) is 16.2. The lowest BCUT2D eigenvalue weighted by Gasteiger charge is -2.30. The van der Waals surface area contributed by atoms with Crippen molar-refractivity contribution >= 4 is 12.1 Å². The number of allylic oxidation sites excluding steroid dienone is 1. The van der Waals surface area contributed by atoms with Gasteiger partial charge in [-0.3, -0.25) is 4.89 Å². The summed E-state index contributed by atoms with van der Waals surface area (Å²) < 4.78 is 9.92. The van der Waals surface area contributed by atoms with Crippen LogP contribution in [0.2, 0.25) is 0 Å². The van der Waals surface area contributed by atoms with Crippen LogP contribution in [0.5, 0.6) is 0 Å². The molecule has 8 heteroatoms. The number of ether oxygens (including phenoxy) is 2. The molecule has 0 aliphatic rings. The number of unbranched alkanes of at least 4 members (excludes halogenated alkanes) is 1. The van der Waals surface area contributed by atoms with Crippen molar-refractivity contribution in [3.8, 4) is 0 Å². The Hall–Kier alpha value is -1.64. The molecule has 0 saturated heterocycles. The van der Waals surface area contributed by atoms with E-state index in [1.807, 2.05) is 6.92 Å². The Morgan fingerprint density at radius 3 is 2.24 bits per heavy atom. The highest BCUT2D eigenvalue weighted by molar-refractivity contribution is 5.88. The van der Waals surface area contributed by atoms with E-state index in [0.717, 1.165) is 18.4 Å². The number of hydrogen-bond donors (Lipinski definition) is 0. The fourth-order valence-corrected chi connectivity index (χ4v) is 1.30. The van der Waals surface area contributed by atoms with Crippen molar-refractivity contribution in [1.29, 1.82) is 0 Å². The first-order valence-corrected chi connectivity index (χ1v) is 8.31. The third kappa shape index (κ3) is 9.42. The number of rotatable bonds is 11. The van der Waals surface area contributed by atoms with Gasteiger partial charge in [-0.05, 0) is 48.0 Å². The van der Waals surface area contributed by atoms with E-state index >= 15 is 0 Å². The van der Waals surface area contributed by atoms with Gasteiger partial charge in [-0.25, -0.2) is 14.5 Å². The molecule has 0 bridgehead atoms. The number of esters is 1. The Morgan fingerprint density at radius 2 is 1.72 bits per heavy atom.